The molecule has 0 unspecified atom stereocenters. The Morgan fingerprint density at radius 1 is 1.04 bits per heavy atom. The molecule has 0 atom stereocenters. The van der Waals surface area contributed by atoms with Gasteiger partial charge in [-0.1, -0.05) is 0 Å². The molecule has 1 aromatic rings. The summed E-state index contributed by atoms with van der Waals surface area (Å²) in [6.45, 7) is 5.77. The van der Waals surface area contributed by atoms with Crippen LogP contribution < -0.4 is 0 Å². The molecule has 3 rings (SSSR count). The Morgan fingerprint density at radius 3 is 2.43 bits per heavy atom. The van der Waals surface area contributed by atoms with Crippen molar-refractivity contribution < 1.29 is 14.3 Å². The Kier molecular flexibility index (Phi) is 5.19. The number of morpholine rings is 1. The van der Waals surface area contributed by atoms with Gasteiger partial charge in [0, 0.05) is 51.7 Å². The Morgan fingerprint density at radius 2 is 1.78 bits per heavy atom. The highest BCUT2D eigenvalue weighted by Crippen LogP contribution is 2.08. The number of ether oxygens (including phenoxy) is 1. The van der Waals surface area contributed by atoms with Gasteiger partial charge in [0.05, 0.1) is 25.3 Å². The van der Waals surface area contributed by atoms with Crippen molar-refractivity contribution in [2.75, 3.05) is 59.0 Å². The number of nitrogens with zero attached hydrogens (tertiary/aromatic N) is 4. The van der Waals surface area contributed by atoms with Crippen molar-refractivity contribution in [2.24, 2.45) is 0 Å². The Bertz CT molecular complexity index is 538. The van der Waals surface area contributed by atoms with Crippen LogP contribution in [0.25, 0.3) is 0 Å². The van der Waals surface area contributed by atoms with Crippen LogP contribution in [0.4, 0.5) is 0 Å². The maximum absolute atomic E-state index is 12.4. The van der Waals surface area contributed by atoms with Crippen molar-refractivity contribution in [3.05, 3.63) is 30.1 Å². The highest BCUT2D eigenvalue weighted by molar-refractivity contribution is 5.94. The van der Waals surface area contributed by atoms with Gasteiger partial charge in [-0.15, -0.1) is 0 Å². The third-order valence-electron chi connectivity index (χ3n) is 4.29. The Labute approximate surface area is 135 Å². The second-order valence-corrected chi connectivity index (χ2v) is 5.80. The summed E-state index contributed by atoms with van der Waals surface area (Å²) in [6, 6.07) is 3.55. The van der Waals surface area contributed by atoms with Crippen LogP contribution in [0.15, 0.2) is 24.5 Å². The molecule has 1 aromatic heterocycles. The largest absolute Gasteiger partial charge is 0.378 e. The minimum Gasteiger partial charge on any atom is -0.378 e. The first-order valence-electron chi connectivity index (χ1n) is 8.01. The molecule has 0 saturated carbocycles. The maximum Gasteiger partial charge on any atom is 0.255 e. The summed E-state index contributed by atoms with van der Waals surface area (Å²) in [7, 11) is 0. The number of carbonyl (C=O) groups is 2. The third-order valence-corrected chi connectivity index (χ3v) is 4.29. The minimum atomic E-state index is 0.0113. The highest BCUT2D eigenvalue weighted by atomic mass is 16.5. The van der Waals surface area contributed by atoms with Crippen molar-refractivity contribution in [3.63, 3.8) is 0 Å². The Balaban J connectivity index is 1.46. The lowest BCUT2D eigenvalue weighted by atomic mass is 10.2. The minimum absolute atomic E-state index is 0.0113. The normalized spacial score (nSPS) is 19.7. The molecule has 2 amide bonds. The molecule has 7 nitrogen and oxygen atoms in total. The number of carbonyl (C=O) groups excluding carboxylic acids is 2. The van der Waals surface area contributed by atoms with Gasteiger partial charge in [0.1, 0.15) is 0 Å². The van der Waals surface area contributed by atoms with Crippen molar-refractivity contribution in [1.82, 2.24) is 19.7 Å². The summed E-state index contributed by atoms with van der Waals surface area (Å²) in [4.78, 5) is 34.4. The van der Waals surface area contributed by atoms with E-state index in [0.717, 1.165) is 13.1 Å². The van der Waals surface area contributed by atoms with Gasteiger partial charge in [0.15, 0.2) is 0 Å². The predicted octanol–water partition coefficient (Wildman–Crippen LogP) is -0.302. The van der Waals surface area contributed by atoms with Gasteiger partial charge in [0.25, 0.3) is 5.91 Å². The van der Waals surface area contributed by atoms with Crippen molar-refractivity contribution in [2.45, 2.75) is 0 Å². The zero-order valence-corrected chi connectivity index (χ0v) is 13.2. The fourth-order valence-corrected chi connectivity index (χ4v) is 2.88. The quantitative estimate of drug-likeness (QED) is 0.765. The summed E-state index contributed by atoms with van der Waals surface area (Å²) in [5.74, 6) is 0.164. The lowest BCUT2D eigenvalue weighted by Crippen LogP contribution is -2.52. The number of rotatable bonds is 3. The van der Waals surface area contributed by atoms with Crippen LogP contribution in [0, 0.1) is 0 Å². The molecule has 7 heteroatoms. The van der Waals surface area contributed by atoms with E-state index in [2.05, 4.69) is 9.88 Å². The molecule has 2 aliphatic heterocycles. The summed E-state index contributed by atoms with van der Waals surface area (Å²) in [5.41, 5.74) is 0.616. The van der Waals surface area contributed by atoms with Gasteiger partial charge in [-0.05, 0) is 12.1 Å². The van der Waals surface area contributed by atoms with E-state index >= 15 is 0 Å². The SMILES string of the molecule is O=C(CN1CCN(C(=O)c2cccnc2)CC1)N1CCOCC1. The monoisotopic (exact) mass is 318 g/mol. The topological polar surface area (TPSA) is 66.0 Å². The standard InChI is InChI=1S/C16H22N4O3/c21-15(19-8-10-23-11-9-19)13-18-4-6-20(7-5-18)16(22)14-2-1-3-17-12-14/h1-3,12H,4-11,13H2. The van der Waals surface area contributed by atoms with E-state index in [0.29, 0.717) is 51.5 Å². The highest BCUT2D eigenvalue weighted by Gasteiger charge is 2.25. The summed E-state index contributed by atoms with van der Waals surface area (Å²) in [5, 5.41) is 0. The smallest absolute Gasteiger partial charge is 0.255 e. The van der Waals surface area contributed by atoms with Gasteiger partial charge < -0.3 is 14.5 Å². The number of piperazine rings is 1. The van der Waals surface area contributed by atoms with Gasteiger partial charge >= 0.3 is 0 Å². The van der Waals surface area contributed by atoms with Gasteiger partial charge in [-0.3, -0.25) is 19.5 Å². The molecule has 124 valence electrons. The molecule has 0 radical (unpaired) electrons. The zero-order valence-electron chi connectivity index (χ0n) is 13.2. The summed E-state index contributed by atoms with van der Waals surface area (Å²) in [6.07, 6.45) is 3.25. The number of hydrogen-bond donors (Lipinski definition) is 0. The van der Waals surface area contributed by atoms with Gasteiger partial charge in [0.2, 0.25) is 5.91 Å². The summed E-state index contributed by atoms with van der Waals surface area (Å²) < 4.78 is 5.27. The van der Waals surface area contributed by atoms with Crippen LogP contribution in [0.1, 0.15) is 10.4 Å². The van der Waals surface area contributed by atoms with Crippen LogP contribution in [-0.2, 0) is 9.53 Å². The summed E-state index contributed by atoms with van der Waals surface area (Å²) >= 11 is 0. The molecule has 0 aliphatic carbocycles. The fraction of sp³-hybridized carbons (Fsp3) is 0.562. The average molecular weight is 318 g/mol. The molecule has 0 bridgehead atoms. The van der Waals surface area contributed by atoms with E-state index in [1.54, 1.807) is 24.5 Å². The first-order valence-corrected chi connectivity index (χ1v) is 8.01. The van der Waals surface area contributed by atoms with Crippen molar-refractivity contribution in [3.8, 4) is 0 Å². The van der Waals surface area contributed by atoms with E-state index < -0.39 is 0 Å². The second-order valence-electron chi connectivity index (χ2n) is 5.80. The van der Waals surface area contributed by atoms with Crippen LogP contribution in [-0.4, -0.2) is 90.5 Å². The van der Waals surface area contributed by atoms with E-state index in [1.807, 2.05) is 9.80 Å². The molecular weight excluding hydrogens is 296 g/mol. The lowest BCUT2D eigenvalue weighted by molar-refractivity contribution is -0.136. The predicted molar refractivity (Wildman–Crippen MR) is 84.0 cm³/mol. The lowest BCUT2D eigenvalue weighted by Gasteiger charge is -2.36. The van der Waals surface area contributed by atoms with E-state index in [9.17, 15) is 9.59 Å². The Hall–Kier alpha value is -1.99. The number of pyridine rings is 1. The van der Waals surface area contributed by atoms with E-state index in [-0.39, 0.29) is 11.8 Å². The molecule has 2 saturated heterocycles. The molecule has 0 spiro atoms. The van der Waals surface area contributed by atoms with Gasteiger partial charge in [-0.2, -0.15) is 0 Å². The van der Waals surface area contributed by atoms with E-state index in [4.69, 9.17) is 4.74 Å². The van der Waals surface area contributed by atoms with Crippen LogP contribution >= 0.6 is 0 Å². The fourth-order valence-electron chi connectivity index (χ4n) is 2.88. The number of aromatic nitrogens is 1. The maximum atomic E-state index is 12.4. The average Bonchev–Trinajstić information content (AvgIpc) is 2.63. The molecule has 23 heavy (non-hydrogen) atoms. The van der Waals surface area contributed by atoms with E-state index in [1.165, 1.54) is 0 Å². The molecule has 2 fully saturated rings. The van der Waals surface area contributed by atoms with Crippen molar-refractivity contribution in [1.29, 1.82) is 0 Å². The molecule has 0 aromatic carbocycles. The van der Waals surface area contributed by atoms with Crippen LogP contribution in [0.5, 0.6) is 0 Å². The van der Waals surface area contributed by atoms with Crippen LogP contribution in [0.2, 0.25) is 0 Å². The first-order chi connectivity index (χ1) is 11.2. The number of amides is 2. The molecule has 0 N–H and O–H groups in total. The number of hydrogen-bond acceptors (Lipinski definition) is 5. The van der Waals surface area contributed by atoms with Crippen molar-refractivity contribution >= 4 is 11.8 Å². The molecule has 3 heterocycles. The first kappa shape index (κ1) is 15.9. The zero-order chi connectivity index (χ0) is 16.1. The molecule has 2 aliphatic rings. The third kappa shape index (κ3) is 4.05. The van der Waals surface area contributed by atoms with Gasteiger partial charge in [-0.25, -0.2) is 0 Å². The molecular formula is C16H22N4O3. The second kappa shape index (κ2) is 7.52. The van der Waals surface area contributed by atoms with Crippen LogP contribution in [0.3, 0.4) is 0 Å².